The summed E-state index contributed by atoms with van der Waals surface area (Å²) in [6, 6.07) is 0. The van der Waals surface area contributed by atoms with Gasteiger partial charge in [0.1, 0.15) is 12.5 Å². The second-order valence-corrected chi connectivity index (χ2v) is 4.64. The summed E-state index contributed by atoms with van der Waals surface area (Å²) in [4.78, 5) is 22.8. The number of hydrogen-bond acceptors (Lipinski definition) is 4. The molecule has 1 aliphatic rings. The van der Waals surface area contributed by atoms with Crippen molar-refractivity contribution in [3.05, 3.63) is 0 Å². The normalized spacial score (nSPS) is 18.5. The third kappa shape index (κ3) is 5.71. The Morgan fingerprint density at radius 2 is 1.82 bits per heavy atom. The first-order valence-corrected chi connectivity index (χ1v) is 6.50. The first-order chi connectivity index (χ1) is 8.11. The number of carbonyl (C=O) groups excluding carboxylic acids is 2. The number of hydrogen-bond donors (Lipinski definition) is 0. The number of carbonyl (C=O) groups is 2. The highest BCUT2D eigenvalue weighted by atomic mass is 16.6. The van der Waals surface area contributed by atoms with Gasteiger partial charge in [-0.2, -0.15) is 0 Å². The van der Waals surface area contributed by atoms with Crippen LogP contribution in [0, 0.1) is 0 Å². The first kappa shape index (κ1) is 14.0. The van der Waals surface area contributed by atoms with Crippen molar-refractivity contribution in [3.63, 3.8) is 0 Å². The molecule has 0 aromatic carbocycles. The molecule has 0 spiro atoms. The minimum atomic E-state index is -0.486. The summed E-state index contributed by atoms with van der Waals surface area (Å²) in [5.74, 6) is -0.939. The highest BCUT2D eigenvalue weighted by molar-refractivity contribution is 5.91. The zero-order valence-electron chi connectivity index (χ0n) is 10.7. The van der Waals surface area contributed by atoms with E-state index in [1.165, 1.54) is 6.42 Å². The molecule has 4 heteroatoms. The lowest BCUT2D eigenvalue weighted by atomic mass is 9.98. The molecule has 1 aliphatic carbocycles. The second kappa shape index (κ2) is 7.30. The first-order valence-electron chi connectivity index (χ1n) is 6.50. The fourth-order valence-electron chi connectivity index (χ4n) is 1.88. The maximum Gasteiger partial charge on any atom is 0.317 e. The van der Waals surface area contributed by atoms with Crippen LogP contribution >= 0.6 is 0 Å². The molecule has 17 heavy (non-hydrogen) atoms. The summed E-state index contributed by atoms with van der Waals surface area (Å²) in [6.07, 6.45) is 5.63. The summed E-state index contributed by atoms with van der Waals surface area (Å²) in [6.45, 7) is 3.74. The lowest BCUT2D eigenvalue weighted by Crippen LogP contribution is -2.24. The van der Waals surface area contributed by atoms with Gasteiger partial charge in [0.25, 0.3) is 0 Å². The molecular formula is C13H22O4. The van der Waals surface area contributed by atoms with Crippen LogP contribution in [0.15, 0.2) is 0 Å². The van der Waals surface area contributed by atoms with Gasteiger partial charge >= 0.3 is 11.9 Å². The van der Waals surface area contributed by atoms with Crippen molar-refractivity contribution in [2.45, 2.75) is 71.0 Å². The standard InChI is InChI=1S/C13H22O4/c1-3-10(2)16-12(14)9-13(15)17-11-7-5-4-6-8-11/h10-11H,3-9H2,1-2H3. The predicted molar refractivity (Wildman–Crippen MR) is 63.4 cm³/mol. The van der Waals surface area contributed by atoms with Gasteiger partial charge in [0.2, 0.25) is 0 Å². The highest BCUT2D eigenvalue weighted by Gasteiger charge is 2.20. The van der Waals surface area contributed by atoms with Crippen molar-refractivity contribution in [1.82, 2.24) is 0 Å². The molecule has 1 unspecified atom stereocenters. The summed E-state index contributed by atoms with van der Waals surface area (Å²) in [5, 5.41) is 0. The lowest BCUT2D eigenvalue weighted by Gasteiger charge is -2.21. The van der Waals surface area contributed by atoms with Gasteiger partial charge < -0.3 is 9.47 Å². The van der Waals surface area contributed by atoms with Crippen LogP contribution in [0.25, 0.3) is 0 Å². The molecule has 4 nitrogen and oxygen atoms in total. The molecule has 0 heterocycles. The van der Waals surface area contributed by atoms with Crippen LogP contribution in [-0.4, -0.2) is 24.1 Å². The summed E-state index contributed by atoms with van der Waals surface area (Å²) in [7, 11) is 0. The van der Waals surface area contributed by atoms with Gasteiger partial charge in [-0.3, -0.25) is 9.59 Å². The lowest BCUT2D eigenvalue weighted by molar-refractivity contribution is -0.160. The molecule has 0 radical (unpaired) electrons. The molecule has 0 N–H and O–H groups in total. The third-order valence-corrected chi connectivity index (χ3v) is 3.05. The summed E-state index contributed by atoms with van der Waals surface area (Å²) in [5.41, 5.74) is 0. The fourth-order valence-corrected chi connectivity index (χ4v) is 1.88. The SMILES string of the molecule is CCC(C)OC(=O)CC(=O)OC1CCCCC1. The number of esters is 2. The van der Waals surface area contributed by atoms with Gasteiger partial charge in [-0.15, -0.1) is 0 Å². The zero-order valence-corrected chi connectivity index (χ0v) is 10.7. The van der Waals surface area contributed by atoms with Gasteiger partial charge in [0.05, 0.1) is 6.10 Å². The minimum Gasteiger partial charge on any atom is -0.462 e. The van der Waals surface area contributed by atoms with Crippen LogP contribution in [0.3, 0.4) is 0 Å². The van der Waals surface area contributed by atoms with Crippen LogP contribution in [0.2, 0.25) is 0 Å². The summed E-state index contributed by atoms with van der Waals surface area (Å²) >= 11 is 0. The maximum absolute atomic E-state index is 11.5. The molecule has 1 saturated carbocycles. The molecule has 1 rings (SSSR count). The second-order valence-electron chi connectivity index (χ2n) is 4.64. The van der Waals surface area contributed by atoms with Crippen molar-refractivity contribution in [2.24, 2.45) is 0 Å². The molecule has 0 aromatic rings. The average molecular weight is 242 g/mol. The molecule has 0 amide bonds. The predicted octanol–water partition coefficient (Wildman–Crippen LogP) is 2.59. The van der Waals surface area contributed by atoms with Crippen molar-refractivity contribution in [1.29, 1.82) is 0 Å². The molecule has 1 atom stereocenters. The van der Waals surface area contributed by atoms with E-state index in [1.807, 2.05) is 13.8 Å². The van der Waals surface area contributed by atoms with E-state index in [0.717, 1.165) is 32.1 Å². The molecule has 0 saturated heterocycles. The van der Waals surface area contributed by atoms with E-state index in [0.29, 0.717) is 0 Å². The quantitative estimate of drug-likeness (QED) is 0.549. The van der Waals surface area contributed by atoms with Crippen LogP contribution < -0.4 is 0 Å². The minimum absolute atomic E-state index is 0.00708. The van der Waals surface area contributed by atoms with Gasteiger partial charge in [0.15, 0.2) is 0 Å². The van der Waals surface area contributed by atoms with Gasteiger partial charge in [-0.1, -0.05) is 13.3 Å². The van der Waals surface area contributed by atoms with Crippen molar-refractivity contribution in [2.75, 3.05) is 0 Å². The van der Waals surface area contributed by atoms with E-state index in [1.54, 1.807) is 0 Å². The Hall–Kier alpha value is -1.06. The van der Waals surface area contributed by atoms with Crippen LogP contribution in [0.5, 0.6) is 0 Å². The molecule has 98 valence electrons. The van der Waals surface area contributed by atoms with E-state index in [9.17, 15) is 9.59 Å². The zero-order chi connectivity index (χ0) is 12.7. The Kier molecular flexibility index (Phi) is 6.01. The Morgan fingerprint density at radius 3 is 2.41 bits per heavy atom. The topological polar surface area (TPSA) is 52.6 Å². The molecule has 0 bridgehead atoms. The highest BCUT2D eigenvalue weighted by Crippen LogP contribution is 2.20. The van der Waals surface area contributed by atoms with E-state index in [2.05, 4.69) is 0 Å². The van der Waals surface area contributed by atoms with E-state index in [4.69, 9.17) is 9.47 Å². The van der Waals surface area contributed by atoms with Crippen LogP contribution in [-0.2, 0) is 19.1 Å². The van der Waals surface area contributed by atoms with Gasteiger partial charge in [0, 0.05) is 0 Å². The Balaban J connectivity index is 2.21. The molecule has 1 fully saturated rings. The van der Waals surface area contributed by atoms with E-state index < -0.39 is 11.9 Å². The van der Waals surface area contributed by atoms with E-state index in [-0.39, 0.29) is 18.6 Å². The summed E-state index contributed by atoms with van der Waals surface area (Å²) < 4.78 is 10.3. The Bertz CT molecular complexity index is 256. The largest absolute Gasteiger partial charge is 0.462 e. The third-order valence-electron chi connectivity index (χ3n) is 3.05. The van der Waals surface area contributed by atoms with E-state index >= 15 is 0 Å². The van der Waals surface area contributed by atoms with Crippen LogP contribution in [0.4, 0.5) is 0 Å². The van der Waals surface area contributed by atoms with Crippen molar-refractivity contribution >= 4 is 11.9 Å². The maximum atomic E-state index is 11.5. The fraction of sp³-hybridized carbons (Fsp3) is 0.846. The molecule has 0 aliphatic heterocycles. The Labute approximate surface area is 103 Å². The molecular weight excluding hydrogens is 220 g/mol. The Morgan fingerprint density at radius 1 is 1.18 bits per heavy atom. The number of rotatable bonds is 5. The molecule has 0 aromatic heterocycles. The van der Waals surface area contributed by atoms with Crippen molar-refractivity contribution in [3.8, 4) is 0 Å². The number of ether oxygens (including phenoxy) is 2. The van der Waals surface area contributed by atoms with Crippen LogP contribution in [0.1, 0.15) is 58.8 Å². The smallest absolute Gasteiger partial charge is 0.317 e. The average Bonchev–Trinajstić information content (AvgIpc) is 2.29. The van der Waals surface area contributed by atoms with Gasteiger partial charge in [-0.05, 0) is 39.0 Å². The monoisotopic (exact) mass is 242 g/mol. The van der Waals surface area contributed by atoms with Gasteiger partial charge in [-0.25, -0.2) is 0 Å². The van der Waals surface area contributed by atoms with Crippen molar-refractivity contribution < 1.29 is 19.1 Å².